The van der Waals surface area contributed by atoms with E-state index in [1.54, 1.807) is 0 Å². The molecule has 2 saturated heterocycles. The van der Waals surface area contributed by atoms with E-state index in [4.69, 9.17) is 4.74 Å². The number of hydrogen-bond acceptors (Lipinski definition) is 1. The smallest absolute Gasteiger partial charge is 0.0773 e. The monoisotopic (exact) mass is 296 g/mol. The van der Waals surface area contributed by atoms with Gasteiger partial charge in [0, 0.05) is 19.4 Å². The normalized spacial score (nSPS) is 28.1. The molecular formula is C19H38NO+. The molecule has 0 aromatic rings. The maximum Gasteiger partial charge on any atom is 0.0773 e. The van der Waals surface area contributed by atoms with Crippen molar-refractivity contribution in [1.82, 2.24) is 0 Å². The van der Waals surface area contributed by atoms with Gasteiger partial charge in [0.25, 0.3) is 0 Å². The van der Waals surface area contributed by atoms with E-state index in [9.17, 15) is 0 Å². The van der Waals surface area contributed by atoms with Crippen molar-refractivity contribution in [1.29, 1.82) is 0 Å². The van der Waals surface area contributed by atoms with Crippen LogP contribution in [0.3, 0.4) is 0 Å². The van der Waals surface area contributed by atoms with Crippen molar-refractivity contribution in [3.05, 3.63) is 0 Å². The largest absolute Gasteiger partial charge is 0.376 e. The van der Waals surface area contributed by atoms with Gasteiger partial charge in [-0.15, -0.1) is 0 Å². The van der Waals surface area contributed by atoms with Crippen LogP contribution in [0, 0.1) is 17.8 Å². The molecule has 1 N–H and O–H groups in total. The first-order valence-corrected chi connectivity index (χ1v) is 9.44. The lowest BCUT2D eigenvalue weighted by Gasteiger charge is -2.39. The Hall–Kier alpha value is -0.0800. The van der Waals surface area contributed by atoms with Crippen LogP contribution in [-0.2, 0) is 4.74 Å². The van der Waals surface area contributed by atoms with Crippen LogP contribution < -0.4 is 4.90 Å². The molecule has 0 saturated carbocycles. The van der Waals surface area contributed by atoms with Gasteiger partial charge in [0.05, 0.1) is 25.2 Å². The summed E-state index contributed by atoms with van der Waals surface area (Å²) in [6.45, 7) is 14.6. The standard InChI is InChI=1S/C19H37NO/c1-16(2)7-8-17(9-13-20-11-5-6-12-20)18-10-14-21-19(3,4)15-18/h16-18H,5-15H2,1-4H3/p+1/t17-,18-/m1/s1. The Morgan fingerprint density at radius 1 is 1.10 bits per heavy atom. The minimum Gasteiger partial charge on any atom is -0.376 e. The molecule has 0 radical (unpaired) electrons. The van der Waals surface area contributed by atoms with Crippen LogP contribution >= 0.6 is 0 Å². The Kier molecular flexibility index (Phi) is 6.55. The lowest BCUT2D eigenvalue weighted by molar-refractivity contribution is -0.888. The number of ether oxygens (including phenoxy) is 1. The molecule has 2 rings (SSSR count). The molecule has 0 unspecified atom stereocenters. The Morgan fingerprint density at radius 3 is 2.43 bits per heavy atom. The summed E-state index contributed by atoms with van der Waals surface area (Å²) in [6.07, 6.45) is 9.76. The first-order valence-electron chi connectivity index (χ1n) is 9.44. The highest BCUT2D eigenvalue weighted by atomic mass is 16.5. The van der Waals surface area contributed by atoms with E-state index in [2.05, 4.69) is 27.7 Å². The summed E-state index contributed by atoms with van der Waals surface area (Å²) in [7, 11) is 0. The molecule has 2 atom stereocenters. The third kappa shape index (κ3) is 5.90. The highest BCUT2D eigenvalue weighted by molar-refractivity contribution is 4.83. The van der Waals surface area contributed by atoms with Gasteiger partial charge in [-0.2, -0.15) is 0 Å². The molecule has 2 heteroatoms. The van der Waals surface area contributed by atoms with Gasteiger partial charge < -0.3 is 9.64 Å². The van der Waals surface area contributed by atoms with Crippen molar-refractivity contribution in [2.75, 3.05) is 26.2 Å². The highest BCUT2D eigenvalue weighted by Crippen LogP contribution is 2.37. The Bertz CT molecular complexity index is 294. The van der Waals surface area contributed by atoms with Crippen molar-refractivity contribution < 1.29 is 9.64 Å². The van der Waals surface area contributed by atoms with E-state index in [1.165, 1.54) is 64.6 Å². The van der Waals surface area contributed by atoms with Gasteiger partial charge in [0.2, 0.25) is 0 Å². The van der Waals surface area contributed by atoms with E-state index < -0.39 is 0 Å². The third-order valence-electron chi connectivity index (χ3n) is 5.70. The second-order valence-electron chi connectivity index (χ2n) is 8.59. The molecule has 0 aromatic heterocycles. The van der Waals surface area contributed by atoms with Crippen LogP contribution in [0.15, 0.2) is 0 Å². The first-order chi connectivity index (χ1) is 9.96. The van der Waals surface area contributed by atoms with Gasteiger partial charge >= 0.3 is 0 Å². The van der Waals surface area contributed by atoms with E-state index in [0.717, 1.165) is 24.4 Å². The fourth-order valence-electron chi connectivity index (χ4n) is 4.36. The van der Waals surface area contributed by atoms with E-state index in [-0.39, 0.29) is 5.60 Å². The zero-order valence-electron chi connectivity index (χ0n) is 14.9. The molecule has 2 heterocycles. The molecule has 2 aliphatic rings. The fourth-order valence-corrected chi connectivity index (χ4v) is 4.36. The number of rotatable bonds is 7. The fraction of sp³-hybridized carbons (Fsp3) is 1.00. The van der Waals surface area contributed by atoms with Crippen LogP contribution in [-0.4, -0.2) is 31.8 Å². The molecule has 0 spiro atoms. The van der Waals surface area contributed by atoms with Crippen molar-refractivity contribution in [2.45, 2.75) is 78.2 Å². The number of nitrogens with one attached hydrogen (secondary N) is 1. The van der Waals surface area contributed by atoms with Crippen LogP contribution in [0.25, 0.3) is 0 Å². The molecule has 2 nitrogen and oxygen atoms in total. The van der Waals surface area contributed by atoms with Crippen molar-refractivity contribution in [3.8, 4) is 0 Å². The summed E-state index contributed by atoms with van der Waals surface area (Å²) in [4.78, 5) is 1.87. The molecule has 124 valence electrons. The van der Waals surface area contributed by atoms with Crippen LogP contribution in [0.2, 0.25) is 0 Å². The average Bonchev–Trinajstić information content (AvgIpc) is 2.90. The summed E-state index contributed by atoms with van der Waals surface area (Å²) < 4.78 is 5.94. The predicted octanol–water partition coefficient (Wildman–Crippen LogP) is 3.31. The summed E-state index contributed by atoms with van der Waals surface area (Å²) in [5.74, 6) is 2.68. The minimum atomic E-state index is 0.111. The second-order valence-corrected chi connectivity index (χ2v) is 8.59. The van der Waals surface area contributed by atoms with E-state index in [1.807, 2.05) is 4.90 Å². The summed E-state index contributed by atoms with van der Waals surface area (Å²) in [5.41, 5.74) is 0.111. The molecule has 0 aliphatic carbocycles. The summed E-state index contributed by atoms with van der Waals surface area (Å²) in [5, 5.41) is 0. The lowest BCUT2D eigenvalue weighted by atomic mass is 9.75. The third-order valence-corrected chi connectivity index (χ3v) is 5.70. The Labute approximate surface area is 132 Å². The van der Waals surface area contributed by atoms with E-state index >= 15 is 0 Å². The predicted molar refractivity (Wildman–Crippen MR) is 89.7 cm³/mol. The van der Waals surface area contributed by atoms with Gasteiger partial charge in [0.15, 0.2) is 0 Å². The topological polar surface area (TPSA) is 13.7 Å². The minimum absolute atomic E-state index is 0.111. The molecular weight excluding hydrogens is 258 g/mol. The maximum atomic E-state index is 5.94. The van der Waals surface area contributed by atoms with Crippen LogP contribution in [0.5, 0.6) is 0 Å². The molecule has 0 aromatic carbocycles. The van der Waals surface area contributed by atoms with Crippen molar-refractivity contribution in [3.63, 3.8) is 0 Å². The number of likely N-dealkylation sites (tertiary alicyclic amines) is 1. The zero-order valence-corrected chi connectivity index (χ0v) is 14.9. The lowest BCUT2D eigenvalue weighted by Crippen LogP contribution is -3.10. The summed E-state index contributed by atoms with van der Waals surface area (Å²) >= 11 is 0. The number of quaternary nitrogens is 1. The molecule has 0 amide bonds. The molecule has 21 heavy (non-hydrogen) atoms. The Morgan fingerprint density at radius 2 is 1.81 bits per heavy atom. The maximum absolute atomic E-state index is 5.94. The second kappa shape index (κ2) is 7.97. The quantitative estimate of drug-likeness (QED) is 0.761. The van der Waals surface area contributed by atoms with Gasteiger partial charge in [-0.05, 0) is 57.3 Å². The van der Waals surface area contributed by atoms with Crippen LogP contribution in [0.1, 0.15) is 72.6 Å². The van der Waals surface area contributed by atoms with Crippen molar-refractivity contribution >= 4 is 0 Å². The van der Waals surface area contributed by atoms with Crippen molar-refractivity contribution in [2.24, 2.45) is 17.8 Å². The Balaban J connectivity index is 1.86. The van der Waals surface area contributed by atoms with E-state index in [0.29, 0.717) is 0 Å². The van der Waals surface area contributed by atoms with Gasteiger partial charge in [0.1, 0.15) is 0 Å². The SMILES string of the molecule is CC(C)CC[C@H](CC[NH+]1CCCC1)[C@@H]1CCOC(C)(C)C1. The van der Waals surface area contributed by atoms with Crippen LogP contribution in [0.4, 0.5) is 0 Å². The summed E-state index contributed by atoms with van der Waals surface area (Å²) in [6, 6.07) is 0. The molecule has 2 fully saturated rings. The highest BCUT2D eigenvalue weighted by Gasteiger charge is 2.33. The first kappa shape index (κ1) is 17.3. The number of hydrogen-bond donors (Lipinski definition) is 1. The van der Waals surface area contributed by atoms with Gasteiger partial charge in [-0.1, -0.05) is 20.3 Å². The molecule has 2 aliphatic heterocycles. The average molecular weight is 297 g/mol. The molecule has 0 bridgehead atoms. The van der Waals surface area contributed by atoms with Gasteiger partial charge in [-0.3, -0.25) is 0 Å². The van der Waals surface area contributed by atoms with Gasteiger partial charge in [-0.25, -0.2) is 0 Å². The zero-order chi connectivity index (χ0) is 15.3.